The second-order valence-electron chi connectivity index (χ2n) is 6.29. The third kappa shape index (κ3) is 4.15. The van der Waals surface area contributed by atoms with Crippen molar-refractivity contribution in [1.29, 1.82) is 0 Å². The zero-order valence-electron chi connectivity index (χ0n) is 14.7. The minimum absolute atomic E-state index is 0.0507. The Labute approximate surface area is 165 Å². The zero-order chi connectivity index (χ0) is 18.8. The van der Waals surface area contributed by atoms with Crippen molar-refractivity contribution in [2.45, 2.75) is 26.6 Å². The van der Waals surface area contributed by atoms with Crippen molar-refractivity contribution >= 4 is 51.1 Å². The molecule has 138 valence electrons. The molecular weight excluding hydrogens is 392 g/mol. The fourth-order valence-corrected chi connectivity index (χ4v) is 4.14. The highest BCUT2D eigenvalue weighted by atomic mass is 35.5. The highest BCUT2D eigenvalue weighted by molar-refractivity contribution is 7.71. The SMILES string of the molecule is CC(C)NC(=O)CN(C)Cn1nc(-c2sc3ccccc3c2Cl)oc1=S. The predicted octanol–water partition coefficient (Wildman–Crippen LogP) is 4.15. The van der Waals surface area contributed by atoms with E-state index >= 15 is 0 Å². The minimum Gasteiger partial charge on any atom is -0.408 e. The maximum atomic E-state index is 11.9. The molecule has 26 heavy (non-hydrogen) atoms. The lowest BCUT2D eigenvalue weighted by molar-refractivity contribution is -0.122. The van der Waals surface area contributed by atoms with E-state index in [1.807, 2.05) is 50.1 Å². The number of fused-ring (bicyclic) bond motifs is 1. The van der Waals surface area contributed by atoms with Crippen LogP contribution in [0.5, 0.6) is 0 Å². The summed E-state index contributed by atoms with van der Waals surface area (Å²) in [6, 6.07) is 7.97. The number of aromatic nitrogens is 2. The van der Waals surface area contributed by atoms with Gasteiger partial charge in [0.2, 0.25) is 5.91 Å². The van der Waals surface area contributed by atoms with E-state index in [-0.39, 0.29) is 23.3 Å². The van der Waals surface area contributed by atoms with E-state index in [0.29, 0.717) is 17.6 Å². The lowest BCUT2D eigenvalue weighted by Crippen LogP contribution is -2.39. The summed E-state index contributed by atoms with van der Waals surface area (Å²) in [6.45, 7) is 4.43. The summed E-state index contributed by atoms with van der Waals surface area (Å²) in [5, 5.41) is 8.87. The molecule has 1 N–H and O–H groups in total. The Bertz CT molecular complexity index is 992. The Kier molecular flexibility index (Phi) is 5.76. The predicted molar refractivity (Wildman–Crippen MR) is 107 cm³/mol. The molecule has 0 aliphatic carbocycles. The number of nitrogens with one attached hydrogen (secondary N) is 1. The van der Waals surface area contributed by atoms with Crippen LogP contribution >= 0.6 is 35.2 Å². The molecule has 0 atom stereocenters. The van der Waals surface area contributed by atoms with Crippen LogP contribution in [0.15, 0.2) is 28.7 Å². The summed E-state index contributed by atoms with van der Waals surface area (Å²) < 4.78 is 8.26. The van der Waals surface area contributed by atoms with Crippen LogP contribution in [0.25, 0.3) is 20.9 Å². The largest absolute Gasteiger partial charge is 0.408 e. The Morgan fingerprint density at radius 2 is 2.19 bits per heavy atom. The van der Waals surface area contributed by atoms with Crippen LogP contribution in [0, 0.1) is 4.84 Å². The molecule has 0 fully saturated rings. The van der Waals surface area contributed by atoms with Gasteiger partial charge in [0, 0.05) is 16.1 Å². The standard InChI is InChI=1S/C17H19ClN4O2S2/c1-10(2)19-13(23)8-21(3)9-22-17(25)24-16(20-22)15-14(18)11-6-4-5-7-12(11)26-15/h4-7,10H,8-9H2,1-3H3,(H,19,23). The molecule has 6 nitrogen and oxygen atoms in total. The number of thiophene rings is 1. The molecule has 2 aromatic heterocycles. The van der Waals surface area contributed by atoms with Crippen LogP contribution in [0.1, 0.15) is 13.8 Å². The van der Waals surface area contributed by atoms with Gasteiger partial charge in [-0.1, -0.05) is 29.8 Å². The number of carbonyl (C=O) groups excluding carboxylic acids is 1. The molecule has 0 bridgehead atoms. The molecule has 0 unspecified atom stereocenters. The van der Waals surface area contributed by atoms with Gasteiger partial charge in [0.1, 0.15) is 4.88 Å². The van der Waals surface area contributed by atoms with E-state index in [1.54, 1.807) is 4.68 Å². The number of amides is 1. The molecule has 0 spiro atoms. The molecule has 2 heterocycles. The fourth-order valence-electron chi connectivity index (χ4n) is 2.53. The maximum absolute atomic E-state index is 11.9. The second-order valence-corrected chi connectivity index (χ2v) is 8.07. The Balaban J connectivity index is 1.79. The first kappa shape index (κ1) is 19.0. The summed E-state index contributed by atoms with van der Waals surface area (Å²) in [5.74, 6) is 0.339. The van der Waals surface area contributed by atoms with Crippen LogP contribution in [0.2, 0.25) is 5.02 Å². The number of hydrogen-bond donors (Lipinski definition) is 1. The smallest absolute Gasteiger partial charge is 0.288 e. The molecule has 0 saturated heterocycles. The first-order valence-electron chi connectivity index (χ1n) is 8.08. The number of carbonyl (C=O) groups is 1. The molecule has 1 amide bonds. The summed E-state index contributed by atoms with van der Waals surface area (Å²) in [6.07, 6.45) is 0. The Morgan fingerprint density at radius 1 is 1.46 bits per heavy atom. The Hall–Kier alpha value is -1.74. The molecule has 1 aromatic carbocycles. The third-order valence-electron chi connectivity index (χ3n) is 3.57. The van der Waals surface area contributed by atoms with Gasteiger partial charge in [-0.3, -0.25) is 9.69 Å². The Morgan fingerprint density at radius 3 is 2.88 bits per heavy atom. The number of likely N-dealkylation sites (N-methyl/N-ethyl adjacent to an activating group) is 1. The van der Waals surface area contributed by atoms with Crippen molar-refractivity contribution in [2.24, 2.45) is 0 Å². The lowest BCUT2D eigenvalue weighted by atomic mass is 10.2. The average molecular weight is 411 g/mol. The summed E-state index contributed by atoms with van der Waals surface area (Å²) >= 11 is 13.3. The highest BCUT2D eigenvalue weighted by Crippen LogP contribution is 2.41. The van der Waals surface area contributed by atoms with Crippen molar-refractivity contribution < 1.29 is 9.21 Å². The van der Waals surface area contributed by atoms with Crippen LogP contribution in [-0.4, -0.2) is 40.2 Å². The van der Waals surface area contributed by atoms with Gasteiger partial charge in [0.15, 0.2) is 0 Å². The average Bonchev–Trinajstić information content (AvgIpc) is 3.07. The van der Waals surface area contributed by atoms with E-state index in [9.17, 15) is 4.79 Å². The molecular formula is C17H19ClN4O2S2. The van der Waals surface area contributed by atoms with E-state index in [0.717, 1.165) is 15.0 Å². The van der Waals surface area contributed by atoms with E-state index in [4.69, 9.17) is 28.2 Å². The van der Waals surface area contributed by atoms with E-state index in [2.05, 4.69) is 10.4 Å². The van der Waals surface area contributed by atoms with Crippen LogP contribution < -0.4 is 5.32 Å². The molecule has 0 radical (unpaired) electrons. The zero-order valence-corrected chi connectivity index (χ0v) is 17.0. The third-order valence-corrected chi connectivity index (χ3v) is 5.53. The minimum atomic E-state index is -0.0507. The summed E-state index contributed by atoms with van der Waals surface area (Å²) in [5.41, 5.74) is 0. The number of hydrogen-bond acceptors (Lipinski definition) is 6. The monoisotopic (exact) mass is 410 g/mol. The first-order chi connectivity index (χ1) is 12.3. The van der Waals surface area contributed by atoms with Crippen LogP contribution in [0.3, 0.4) is 0 Å². The van der Waals surface area contributed by atoms with Gasteiger partial charge in [0.05, 0.1) is 18.2 Å². The van der Waals surface area contributed by atoms with Gasteiger partial charge in [0.25, 0.3) is 10.7 Å². The molecule has 0 aliphatic rings. The molecule has 9 heteroatoms. The quantitative estimate of drug-likeness (QED) is 0.618. The van der Waals surface area contributed by atoms with Gasteiger partial charge in [-0.25, -0.2) is 4.68 Å². The van der Waals surface area contributed by atoms with Gasteiger partial charge in [-0.2, -0.15) is 0 Å². The molecule has 3 rings (SSSR count). The fraction of sp³-hybridized carbons (Fsp3) is 0.353. The number of benzene rings is 1. The topological polar surface area (TPSA) is 63.3 Å². The van der Waals surface area contributed by atoms with E-state index < -0.39 is 0 Å². The molecule has 3 aromatic rings. The van der Waals surface area contributed by atoms with Gasteiger partial charge in [-0.15, -0.1) is 16.4 Å². The number of nitrogens with zero attached hydrogens (tertiary/aromatic N) is 3. The van der Waals surface area contributed by atoms with Gasteiger partial charge in [-0.05, 0) is 39.2 Å². The van der Waals surface area contributed by atoms with Crippen molar-refractivity contribution in [2.75, 3.05) is 13.6 Å². The summed E-state index contributed by atoms with van der Waals surface area (Å²) in [7, 11) is 1.82. The van der Waals surface area contributed by atoms with Gasteiger partial charge < -0.3 is 9.73 Å². The normalized spacial score (nSPS) is 11.6. The van der Waals surface area contributed by atoms with Crippen LogP contribution in [-0.2, 0) is 11.5 Å². The van der Waals surface area contributed by atoms with Crippen molar-refractivity contribution in [1.82, 2.24) is 20.0 Å². The highest BCUT2D eigenvalue weighted by Gasteiger charge is 2.18. The lowest BCUT2D eigenvalue weighted by Gasteiger charge is -2.16. The first-order valence-corrected chi connectivity index (χ1v) is 9.68. The van der Waals surface area contributed by atoms with Crippen molar-refractivity contribution in [3.05, 3.63) is 34.1 Å². The van der Waals surface area contributed by atoms with Crippen LogP contribution in [0.4, 0.5) is 0 Å². The second kappa shape index (κ2) is 7.87. The van der Waals surface area contributed by atoms with E-state index in [1.165, 1.54) is 11.3 Å². The summed E-state index contributed by atoms with van der Waals surface area (Å²) in [4.78, 5) is 14.7. The molecule has 0 aliphatic heterocycles. The maximum Gasteiger partial charge on any atom is 0.288 e. The number of halogens is 1. The molecule has 0 saturated carbocycles. The van der Waals surface area contributed by atoms with Crippen molar-refractivity contribution in [3.8, 4) is 10.8 Å². The van der Waals surface area contributed by atoms with Crippen molar-refractivity contribution in [3.63, 3.8) is 0 Å². The van der Waals surface area contributed by atoms with Gasteiger partial charge >= 0.3 is 0 Å². The number of rotatable bonds is 6.